The van der Waals surface area contributed by atoms with Crippen LogP contribution in [0.2, 0.25) is 0 Å². The number of carbonyl (C=O) groups excluding carboxylic acids is 1. The zero-order valence-corrected chi connectivity index (χ0v) is 21.7. The lowest BCUT2D eigenvalue weighted by atomic mass is 9.93. The molecular weight excluding hydrogens is 520 g/mol. The van der Waals surface area contributed by atoms with E-state index in [1.165, 1.54) is 36.0 Å². The highest BCUT2D eigenvalue weighted by Gasteiger charge is 2.51. The smallest absolute Gasteiger partial charge is 0.421 e. The Morgan fingerprint density at radius 3 is 2.38 bits per heavy atom. The number of benzene rings is 1. The molecule has 39 heavy (non-hydrogen) atoms. The first-order valence-electron chi connectivity index (χ1n) is 11.9. The molecule has 0 aliphatic carbocycles. The van der Waals surface area contributed by atoms with Crippen LogP contribution >= 0.6 is 0 Å². The summed E-state index contributed by atoms with van der Waals surface area (Å²) >= 11 is 0. The van der Waals surface area contributed by atoms with Gasteiger partial charge in [0.15, 0.2) is 5.60 Å². The van der Waals surface area contributed by atoms with Crippen molar-refractivity contribution in [3.63, 3.8) is 0 Å². The van der Waals surface area contributed by atoms with Crippen LogP contribution in [0.4, 0.5) is 17.6 Å². The van der Waals surface area contributed by atoms with Gasteiger partial charge in [0.05, 0.1) is 0 Å². The van der Waals surface area contributed by atoms with Crippen LogP contribution in [0.1, 0.15) is 41.0 Å². The minimum atomic E-state index is -5.03. The Balaban J connectivity index is 2.03. The molecule has 0 fully saturated rings. The number of hydrogen-bond acceptors (Lipinski definition) is 5. The number of aromatic amines is 1. The molecule has 0 bridgehead atoms. The van der Waals surface area contributed by atoms with Crippen LogP contribution in [0.3, 0.4) is 0 Å². The molecule has 12 heteroatoms. The predicted molar refractivity (Wildman–Crippen MR) is 136 cm³/mol. The first-order valence-corrected chi connectivity index (χ1v) is 11.9. The molecule has 3 aromatic heterocycles. The average molecular weight is 547 g/mol. The van der Waals surface area contributed by atoms with Gasteiger partial charge in [0, 0.05) is 48.1 Å². The van der Waals surface area contributed by atoms with Crippen LogP contribution in [-0.4, -0.2) is 38.3 Å². The van der Waals surface area contributed by atoms with Gasteiger partial charge < -0.3 is 24.7 Å². The lowest BCUT2D eigenvalue weighted by Gasteiger charge is -2.27. The third-order valence-corrected chi connectivity index (χ3v) is 6.43. The van der Waals surface area contributed by atoms with E-state index in [0.717, 1.165) is 12.3 Å². The molecule has 0 spiro atoms. The van der Waals surface area contributed by atoms with E-state index < -0.39 is 34.6 Å². The van der Waals surface area contributed by atoms with E-state index in [4.69, 9.17) is 4.74 Å². The minimum absolute atomic E-state index is 0.00204. The highest BCUT2D eigenvalue weighted by molar-refractivity contribution is 6.03. The number of alkyl halides is 3. The van der Waals surface area contributed by atoms with Gasteiger partial charge in [-0.25, -0.2) is 9.37 Å². The van der Waals surface area contributed by atoms with Gasteiger partial charge in [-0.15, -0.1) is 0 Å². The number of carbonyl (C=O) groups is 1. The van der Waals surface area contributed by atoms with Crippen molar-refractivity contribution in [3.05, 3.63) is 75.2 Å². The third-order valence-electron chi connectivity index (χ3n) is 6.43. The van der Waals surface area contributed by atoms with E-state index in [1.807, 2.05) is 0 Å². The van der Waals surface area contributed by atoms with Gasteiger partial charge >= 0.3 is 6.18 Å². The number of hydrogen-bond donors (Lipinski definition) is 3. The van der Waals surface area contributed by atoms with Gasteiger partial charge in [0.2, 0.25) is 5.88 Å². The second kappa shape index (κ2) is 9.84. The van der Waals surface area contributed by atoms with Gasteiger partial charge in [-0.2, -0.15) is 13.2 Å². The number of fused-ring (bicyclic) bond motifs is 1. The second-order valence-electron chi connectivity index (χ2n) is 9.41. The number of pyridine rings is 2. The molecule has 1 amide bonds. The zero-order valence-electron chi connectivity index (χ0n) is 21.7. The summed E-state index contributed by atoms with van der Waals surface area (Å²) in [5.74, 6) is -0.899. The summed E-state index contributed by atoms with van der Waals surface area (Å²) in [6.07, 6.45) is -2.81. The van der Waals surface area contributed by atoms with E-state index in [0.29, 0.717) is 24.6 Å². The number of H-pyrrole nitrogens is 1. The molecule has 0 aliphatic heterocycles. The molecule has 4 aromatic rings. The molecule has 0 saturated heterocycles. The number of aromatic nitrogens is 3. The Kier molecular flexibility index (Phi) is 7.02. The number of rotatable bonds is 6. The maximum absolute atomic E-state index is 13.9. The molecule has 1 atom stereocenters. The van der Waals surface area contributed by atoms with Crippen molar-refractivity contribution < 1.29 is 32.2 Å². The number of ether oxygens (including phenoxy) is 1. The monoisotopic (exact) mass is 546 g/mol. The Morgan fingerprint density at radius 1 is 1.15 bits per heavy atom. The maximum atomic E-state index is 13.9. The van der Waals surface area contributed by atoms with Gasteiger partial charge in [0.25, 0.3) is 11.5 Å². The fourth-order valence-corrected chi connectivity index (χ4v) is 4.24. The number of nitrogens with one attached hydrogen (secondary N) is 2. The van der Waals surface area contributed by atoms with Crippen LogP contribution in [0.5, 0.6) is 11.6 Å². The molecule has 1 unspecified atom stereocenters. The van der Waals surface area contributed by atoms with E-state index in [-0.39, 0.29) is 39.4 Å². The molecule has 3 N–H and O–H groups in total. The van der Waals surface area contributed by atoms with Crippen molar-refractivity contribution in [2.75, 3.05) is 6.54 Å². The van der Waals surface area contributed by atoms with Gasteiger partial charge in [0.1, 0.15) is 22.8 Å². The minimum Gasteiger partial charge on any atom is -0.438 e. The fourth-order valence-electron chi connectivity index (χ4n) is 4.24. The number of aliphatic hydroxyl groups is 1. The Labute approximate surface area is 220 Å². The molecule has 4 rings (SSSR count). The van der Waals surface area contributed by atoms with Gasteiger partial charge in [-0.05, 0) is 63.1 Å². The summed E-state index contributed by atoms with van der Waals surface area (Å²) in [4.78, 5) is 32.3. The Hall–Kier alpha value is -4.19. The fraction of sp³-hybridized carbons (Fsp3) is 0.296. The lowest BCUT2D eigenvalue weighted by Crippen LogP contribution is -2.39. The quantitative estimate of drug-likeness (QED) is 0.295. The summed E-state index contributed by atoms with van der Waals surface area (Å²) in [6.45, 7) is 5.85. The van der Waals surface area contributed by atoms with Crippen molar-refractivity contribution in [3.8, 4) is 22.8 Å². The SMILES string of the molecule is CCNC(=O)c1cc2c(-c3cc(C(C)(O)C(F)(F)F)cnc3Oc3c(C)cc(F)cc3C)cn(C)c(=O)c2[nH]1. The molecule has 1 aromatic carbocycles. The van der Waals surface area contributed by atoms with Crippen LogP contribution in [0.15, 0.2) is 41.5 Å². The Morgan fingerprint density at radius 2 is 1.79 bits per heavy atom. The lowest BCUT2D eigenvalue weighted by molar-refractivity contribution is -0.259. The topological polar surface area (TPSA) is 109 Å². The van der Waals surface area contributed by atoms with Crippen molar-refractivity contribution in [1.29, 1.82) is 0 Å². The van der Waals surface area contributed by atoms with Crippen LogP contribution in [-0.2, 0) is 12.6 Å². The third kappa shape index (κ3) is 4.99. The molecule has 0 aliphatic rings. The number of aryl methyl sites for hydroxylation is 3. The Bertz CT molecular complexity index is 1630. The second-order valence-corrected chi connectivity index (χ2v) is 9.41. The van der Waals surface area contributed by atoms with E-state index in [1.54, 1.807) is 20.8 Å². The number of amides is 1. The molecule has 8 nitrogen and oxygen atoms in total. The molecule has 206 valence electrons. The highest BCUT2D eigenvalue weighted by atomic mass is 19.4. The summed E-state index contributed by atoms with van der Waals surface area (Å²) in [7, 11) is 1.44. The van der Waals surface area contributed by atoms with Crippen LogP contribution in [0, 0.1) is 19.7 Å². The van der Waals surface area contributed by atoms with Crippen LogP contribution < -0.4 is 15.6 Å². The van der Waals surface area contributed by atoms with Crippen molar-refractivity contribution in [2.24, 2.45) is 7.05 Å². The van der Waals surface area contributed by atoms with Crippen molar-refractivity contribution >= 4 is 16.8 Å². The summed E-state index contributed by atoms with van der Waals surface area (Å²) < 4.78 is 62.3. The molecule has 0 saturated carbocycles. The average Bonchev–Trinajstić information content (AvgIpc) is 3.29. The van der Waals surface area contributed by atoms with E-state index in [9.17, 15) is 32.3 Å². The highest BCUT2D eigenvalue weighted by Crippen LogP contribution is 2.43. The van der Waals surface area contributed by atoms with Crippen molar-refractivity contribution in [1.82, 2.24) is 19.9 Å². The summed E-state index contributed by atoms with van der Waals surface area (Å²) in [6, 6.07) is 4.95. The number of halogens is 4. The van der Waals surface area contributed by atoms with Crippen LogP contribution in [0.25, 0.3) is 22.0 Å². The van der Waals surface area contributed by atoms with E-state index >= 15 is 0 Å². The zero-order chi connectivity index (χ0) is 28.9. The summed E-state index contributed by atoms with van der Waals surface area (Å²) in [5.41, 5.74) is -3.19. The molecule has 3 heterocycles. The molecule has 0 radical (unpaired) electrons. The predicted octanol–water partition coefficient (Wildman–Crippen LogP) is 5.00. The standard InChI is InChI=1S/C27H26F4N4O4/c1-6-32-23(36)20-10-17-19(12-35(5)25(37)21(17)34-20)18-9-15(26(4,38)27(29,30)31)11-33-24(18)39-22-13(2)7-16(28)8-14(22)3/h7-12,34,38H,6H2,1-5H3,(H,32,36). The molecular formula is C27H26F4N4O4. The maximum Gasteiger partial charge on any atom is 0.421 e. The van der Waals surface area contributed by atoms with Gasteiger partial charge in [-0.1, -0.05) is 0 Å². The normalized spacial score (nSPS) is 13.4. The largest absolute Gasteiger partial charge is 0.438 e. The first-order chi connectivity index (χ1) is 18.2. The van der Waals surface area contributed by atoms with Crippen molar-refractivity contribution in [2.45, 2.75) is 39.5 Å². The first kappa shape index (κ1) is 27.8. The van der Waals surface area contributed by atoms with Gasteiger partial charge in [-0.3, -0.25) is 9.59 Å². The summed E-state index contributed by atoms with van der Waals surface area (Å²) in [5, 5.41) is 13.2. The van der Waals surface area contributed by atoms with E-state index in [2.05, 4.69) is 15.3 Å². The number of nitrogens with zero attached hydrogens (tertiary/aromatic N) is 2.